The highest BCUT2D eigenvalue weighted by molar-refractivity contribution is 5.75. The highest BCUT2D eigenvalue weighted by Gasteiger charge is 2.38. The summed E-state index contributed by atoms with van der Waals surface area (Å²) in [5, 5.41) is 20.1. The van der Waals surface area contributed by atoms with Gasteiger partial charge >= 0.3 is 12.0 Å². The monoisotopic (exact) mass is 357 g/mol. The standard InChI is InChI=1S/C18H23N5O3/c1-12-3-5-13(6-4-12)8-19-18(26)23-9-14(7-17(24)25)15(10-23)16-11-22(2)21-20-16/h3-6,11,14-15H,7-10H2,1-2H3,(H,19,26)(H,24,25)/t14-,15+/m0/s1. The highest BCUT2D eigenvalue weighted by Crippen LogP contribution is 2.33. The van der Waals surface area contributed by atoms with Crippen LogP contribution in [-0.2, 0) is 18.4 Å². The summed E-state index contributed by atoms with van der Waals surface area (Å²) in [6.45, 7) is 3.29. The summed E-state index contributed by atoms with van der Waals surface area (Å²) in [5.41, 5.74) is 2.92. The third-order valence-electron chi connectivity index (χ3n) is 4.73. The first-order chi connectivity index (χ1) is 12.4. The van der Waals surface area contributed by atoms with Crippen LogP contribution in [0.3, 0.4) is 0 Å². The molecule has 0 spiro atoms. The van der Waals surface area contributed by atoms with E-state index in [1.165, 1.54) is 5.56 Å². The van der Waals surface area contributed by atoms with Crippen LogP contribution in [0.2, 0.25) is 0 Å². The Labute approximate surface area is 151 Å². The number of likely N-dealkylation sites (tertiary alicyclic amines) is 1. The Bertz CT molecular complexity index is 786. The van der Waals surface area contributed by atoms with E-state index < -0.39 is 5.97 Å². The van der Waals surface area contributed by atoms with Crippen molar-refractivity contribution in [3.63, 3.8) is 0 Å². The minimum absolute atomic E-state index is 0.00296. The molecule has 2 amide bonds. The number of nitrogens with one attached hydrogen (secondary N) is 1. The quantitative estimate of drug-likeness (QED) is 0.845. The Morgan fingerprint density at radius 1 is 1.27 bits per heavy atom. The number of carbonyl (C=O) groups excluding carboxylic acids is 1. The van der Waals surface area contributed by atoms with Crippen LogP contribution in [0, 0.1) is 12.8 Å². The van der Waals surface area contributed by atoms with E-state index in [4.69, 9.17) is 0 Å². The van der Waals surface area contributed by atoms with E-state index in [1.807, 2.05) is 31.2 Å². The number of benzene rings is 1. The van der Waals surface area contributed by atoms with Crippen molar-refractivity contribution in [3.8, 4) is 0 Å². The van der Waals surface area contributed by atoms with Gasteiger partial charge in [-0.2, -0.15) is 0 Å². The van der Waals surface area contributed by atoms with Crippen molar-refractivity contribution in [3.05, 3.63) is 47.3 Å². The Balaban J connectivity index is 1.64. The van der Waals surface area contributed by atoms with Crippen LogP contribution in [0.1, 0.15) is 29.2 Å². The first kappa shape index (κ1) is 17.9. The lowest BCUT2D eigenvalue weighted by molar-refractivity contribution is -0.138. The Hall–Kier alpha value is -2.90. The Morgan fingerprint density at radius 3 is 2.62 bits per heavy atom. The minimum atomic E-state index is -0.870. The van der Waals surface area contributed by atoms with Gasteiger partial charge in [0.25, 0.3) is 0 Å². The summed E-state index contributed by atoms with van der Waals surface area (Å²) in [4.78, 5) is 25.4. The van der Waals surface area contributed by atoms with Crippen LogP contribution in [-0.4, -0.2) is 50.1 Å². The first-order valence-electron chi connectivity index (χ1n) is 8.58. The maximum atomic E-state index is 12.5. The van der Waals surface area contributed by atoms with Gasteiger partial charge in [-0.3, -0.25) is 9.48 Å². The van der Waals surface area contributed by atoms with Crippen LogP contribution < -0.4 is 5.32 Å². The van der Waals surface area contributed by atoms with Gasteiger partial charge in [0.15, 0.2) is 0 Å². The van der Waals surface area contributed by atoms with Gasteiger partial charge in [0.05, 0.1) is 12.1 Å². The van der Waals surface area contributed by atoms with E-state index >= 15 is 0 Å². The fourth-order valence-electron chi connectivity index (χ4n) is 3.33. The molecule has 2 N–H and O–H groups in total. The molecule has 1 aromatic heterocycles. The van der Waals surface area contributed by atoms with Gasteiger partial charge in [-0.05, 0) is 18.4 Å². The summed E-state index contributed by atoms with van der Waals surface area (Å²) < 4.78 is 1.59. The van der Waals surface area contributed by atoms with Crippen molar-refractivity contribution in [2.24, 2.45) is 13.0 Å². The lowest BCUT2D eigenvalue weighted by Gasteiger charge is -2.17. The fourth-order valence-corrected chi connectivity index (χ4v) is 3.33. The van der Waals surface area contributed by atoms with Crippen molar-refractivity contribution in [1.82, 2.24) is 25.2 Å². The van der Waals surface area contributed by atoms with Crippen LogP contribution in [0.5, 0.6) is 0 Å². The average molecular weight is 357 g/mol. The molecule has 2 aromatic rings. The number of urea groups is 1. The van der Waals surface area contributed by atoms with Gasteiger partial charge in [0, 0.05) is 38.8 Å². The third-order valence-corrected chi connectivity index (χ3v) is 4.73. The van der Waals surface area contributed by atoms with E-state index in [2.05, 4.69) is 15.6 Å². The van der Waals surface area contributed by atoms with Crippen LogP contribution in [0.4, 0.5) is 4.79 Å². The molecule has 0 saturated carbocycles. The van der Waals surface area contributed by atoms with E-state index in [-0.39, 0.29) is 24.3 Å². The van der Waals surface area contributed by atoms with Gasteiger partial charge in [-0.1, -0.05) is 35.0 Å². The summed E-state index contributed by atoms with van der Waals surface area (Å²) in [6, 6.07) is 7.78. The average Bonchev–Trinajstić information content (AvgIpc) is 3.20. The fraction of sp³-hybridized carbons (Fsp3) is 0.444. The van der Waals surface area contributed by atoms with E-state index in [0.717, 1.165) is 11.3 Å². The number of carboxylic acid groups (broad SMARTS) is 1. The van der Waals surface area contributed by atoms with Crippen molar-refractivity contribution >= 4 is 12.0 Å². The zero-order chi connectivity index (χ0) is 18.7. The van der Waals surface area contributed by atoms with Crippen molar-refractivity contribution in [2.75, 3.05) is 13.1 Å². The maximum Gasteiger partial charge on any atom is 0.317 e. The number of hydrogen-bond acceptors (Lipinski definition) is 4. The molecule has 2 heterocycles. The molecular weight excluding hydrogens is 334 g/mol. The molecule has 1 saturated heterocycles. The molecule has 26 heavy (non-hydrogen) atoms. The van der Waals surface area contributed by atoms with Gasteiger partial charge in [-0.25, -0.2) is 4.79 Å². The van der Waals surface area contributed by atoms with E-state index in [0.29, 0.717) is 19.6 Å². The van der Waals surface area contributed by atoms with Crippen LogP contribution >= 0.6 is 0 Å². The maximum absolute atomic E-state index is 12.5. The molecule has 0 unspecified atom stereocenters. The second-order valence-corrected chi connectivity index (χ2v) is 6.83. The lowest BCUT2D eigenvalue weighted by atomic mass is 9.91. The van der Waals surface area contributed by atoms with Gasteiger partial charge in [0.2, 0.25) is 0 Å². The number of aryl methyl sites for hydroxylation is 2. The first-order valence-corrected chi connectivity index (χ1v) is 8.58. The summed E-state index contributed by atoms with van der Waals surface area (Å²) in [6.07, 6.45) is 1.79. The number of amides is 2. The van der Waals surface area contributed by atoms with E-state index in [1.54, 1.807) is 22.8 Å². The van der Waals surface area contributed by atoms with Crippen LogP contribution in [0.15, 0.2) is 30.5 Å². The van der Waals surface area contributed by atoms with E-state index in [9.17, 15) is 14.7 Å². The molecule has 2 atom stereocenters. The molecule has 1 aromatic carbocycles. The predicted octanol–water partition coefficient (Wildman–Crippen LogP) is 1.52. The highest BCUT2D eigenvalue weighted by atomic mass is 16.4. The van der Waals surface area contributed by atoms with Gasteiger partial charge in [0.1, 0.15) is 0 Å². The third kappa shape index (κ3) is 4.19. The molecule has 8 heteroatoms. The number of nitrogens with zero attached hydrogens (tertiary/aromatic N) is 4. The van der Waals surface area contributed by atoms with Gasteiger partial charge in [-0.15, -0.1) is 5.10 Å². The number of carboxylic acids is 1. The van der Waals surface area contributed by atoms with Gasteiger partial charge < -0.3 is 15.3 Å². The lowest BCUT2D eigenvalue weighted by Crippen LogP contribution is -2.38. The molecule has 3 rings (SSSR count). The minimum Gasteiger partial charge on any atom is -0.481 e. The number of carbonyl (C=O) groups is 2. The predicted molar refractivity (Wildman–Crippen MR) is 94.5 cm³/mol. The topological polar surface area (TPSA) is 100 Å². The molecule has 1 aliphatic rings. The smallest absolute Gasteiger partial charge is 0.317 e. The molecule has 0 bridgehead atoms. The number of rotatable bonds is 5. The largest absolute Gasteiger partial charge is 0.481 e. The zero-order valence-corrected chi connectivity index (χ0v) is 14.9. The molecule has 138 valence electrons. The molecule has 0 radical (unpaired) electrons. The molecule has 1 fully saturated rings. The Kier molecular flexibility index (Phi) is 5.20. The summed E-state index contributed by atoms with van der Waals surface area (Å²) >= 11 is 0. The number of hydrogen-bond donors (Lipinski definition) is 2. The molecule has 8 nitrogen and oxygen atoms in total. The molecule has 1 aliphatic heterocycles. The normalized spacial score (nSPS) is 19.5. The summed E-state index contributed by atoms with van der Waals surface area (Å²) in [7, 11) is 1.77. The van der Waals surface area contributed by atoms with Crippen molar-refractivity contribution in [1.29, 1.82) is 0 Å². The van der Waals surface area contributed by atoms with Crippen molar-refractivity contribution < 1.29 is 14.7 Å². The second-order valence-electron chi connectivity index (χ2n) is 6.83. The number of aromatic nitrogens is 3. The summed E-state index contributed by atoms with van der Waals surface area (Å²) in [5.74, 6) is -1.16. The van der Waals surface area contributed by atoms with Crippen molar-refractivity contribution in [2.45, 2.75) is 25.8 Å². The second kappa shape index (κ2) is 7.55. The SMILES string of the molecule is Cc1ccc(CNC(=O)N2C[C@H](CC(=O)O)[C@H](c3cn(C)nn3)C2)cc1. The van der Waals surface area contributed by atoms with Crippen LogP contribution in [0.25, 0.3) is 0 Å². The number of aliphatic carboxylic acids is 1. The zero-order valence-electron chi connectivity index (χ0n) is 14.9. The molecule has 0 aliphatic carbocycles. The Morgan fingerprint density at radius 2 is 2.00 bits per heavy atom. The molecular formula is C18H23N5O3.